The van der Waals surface area contributed by atoms with E-state index in [0.29, 0.717) is 27.4 Å². The second-order valence-electron chi connectivity index (χ2n) is 4.44. The van der Waals surface area contributed by atoms with Crippen LogP contribution in [0.25, 0.3) is 0 Å². The Labute approximate surface area is 121 Å². The molecule has 4 nitrogen and oxygen atoms in total. The summed E-state index contributed by atoms with van der Waals surface area (Å²) in [4.78, 5) is 10.8. The number of carboxylic acids is 1. The van der Waals surface area contributed by atoms with Crippen LogP contribution in [0.3, 0.4) is 0 Å². The van der Waals surface area contributed by atoms with E-state index in [1.165, 1.54) is 0 Å². The molecular formula is C15H14ClNO3. The maximum atomic E-state index is 10.8. The Morgan fingerprint density at radius 2 is 1.85 bits per heavy atom. The average Bonchev–Trinajstić information content (AvgIpc) is 2.41. The van der Waals surface area contributed by atoms with E-state index < -0.39 is 12.1 Å². The minimum absolute atomic E-state index is 0.174. The Kier molecular flexibility index (Phi) is 4.27. The number of aliphatic hydroxyl groups is 1. The Bertz CT molecular complexity index is 626. The van der Waals surface area contributed by atoms with Crippen molar-refractivity contribution in [2.75, 3.05) is 5.73 Å². The Morgan fingerprint density at radius 3 is 2.45 bits per heavy atom. The van der Waals surface area contributed by atoms with Gasteiger partial charge in [0.2, 0.25) is 0 Å². The number of carboxylic acid groups (broad SMARTS) is 1. The number of nitrogen functional groups attached to an aromatic ring is 1. The molecule has 104 valence electrons. The second kappa shape index (κ2) is 5.94. The van der Waals surface area contributed by atoms with Crippen LogP contribution in [0.15, 0.2) is 42.5 Å². The zero-order valence-corrected chi connectivity index (χ0v) is 11.3. The SMILES string of the molecule is Nc1c(CC(=O)O)cccc1C(O)c1ccc(Cl)cc1. The molecule has 5 heteroatoms. The molecule has 0 aliphatic heterocycles. The number of halogens is 1. The highest BCUT2D eigenvalue weighted by atomic mass is 35.5. The van der Waals surface area contributed by atoms with Gasteiger partial charge in [-0.05, 0) is 23.3 Å². The normalized spacial score (nSPS) is 12.1. The van der Waals surface area contributed by atoms with Crippen LogP contribution in [-0.2, 0) is 11.2 Å². The largest absolute Gasteiger partial charge is 0.481 e. The summed E-state index contributed by atoms with van der Waals surface area (Å²) in [5, 5.41) is 19.8. The van der Waals surface area contributed by atoms with E-state index in [2.05, 4.69) is 0 Å². The zero-order chi connectivity index (χ0) is 14.7. The van der Waals surface area contributed by atoms with E-state index in [0.717, 1.165) is 0 Å². The molecule has 0 heterocycles. The number of anilines is 1. The standard InChI is InChI=1S/C15H14ClNO3/c16-11-6-4-9(5-7-11)15(20)12-3-1-2-10(14(12)17)8-13(18)19/h1-7,15,20H,8,17H2,(H,18,19). The summed E-state index contributed by atoms with van der Waals surface area (Å²) in [6, 6.07) is 11.8. The van der Waals surface area contributed by atoms with Gasteiger partial charge in [-0.2, -0.15) is 0 Å². The third kappa shape index (κ3) is 3.10. The lowest BCUT2D eigenvalue weighted by Crippen LogP contribution is -2.09. The average molecular weight is 292 g/mol. The van der Waals surface area contributed by atoms with Crippen molar-refractivity contribution >= 4 is 23.3 Å². The number of benzene rings is 2. The Hall–Kier alpha value is -2.04. The van der Waals surface area contributed by atoms with Gasteiger partial charge in [0.25, 0.3) is 0 Å². The predicted molar refractivity (Wildman–Crippen MR) is 77.7 cm³/mol. The van der Waals surface area contributed by atoms with Crippen LogP contribution >= 0.6 is 11.6 Å². The molecule has 1 atom stereocenters. The number of rotatable bonds is 4. The minimum Gasteiger partial charge on any atom is -0.481 e. The number of aliphatic hydroxyl groups excluding tert-OH is 1. The Morgan fingerprint density at radius 1 is 1.20 bits per heavy atom. The lowest BCUT2D eigenvalue weighted by molar-refractivity contribution is -0.136. The molecule has 20 heavy (non-hydrogen) atoms. The topological polar surface area (TPSA) is 83.6 Å². The fraction of sp³-hybridized carbons (Fsp3) is 0.133. The first-order chi connectivity index (χ1) is 9.49. The number of hydrogen-bond donors (Lipinski definition) is 3. The summed E-state index contributed by atoms with van der Waals surface area (Å²) >= 11 is 5.80. The van der Waals surface area contributed by atoms with Crippen molar-refractivity contribution in [2.24, 2.45) is 0 Å². The van der Waals surface area contributed by atoms with E-state index in [9.17, 15) is 9.90 Å². The summed E-state index contributed by atoms with van der Waals surface area (Å²) in [5.41, 5.74) is 7.88. The molecule has 0 radical (unpaired) electrons. The van der Waals surface area contributed by atoms with Gasteiger partial charge in [-0.25, -0.2) is 0 Å². The van der Waals surface area contributed by atoms with Crippen molar-refractivity contribution < 1.29 is 15.0 Å². The van der Waals surface area contributed by atoms with E-state index in [1.807, 2.05) is 0 Å². The van der Waals surface area contributed by atoms with Crippen LogP contribution in [0.2, 0.25) is 5.02 Å². The molecule has 2 aromatic carbocycles. The fourth-order valence-electron chi connectivity index (χ4n) is 2.01. The molecular weight excluding hydrogens is 278 g/mol. The van der Waals surface area contributed by atoms with Gasteiger partial charge >= 0.3 is 5.97 Å². The monoisotopic (exact) mass is 291 g/mol. The molecule has 0 aliphatic carbocycles. The molecule has 0 aromatic heterocycles. The zero-order valence-electron chi connectivity index (χ0n) is 10.6. The van der Waals surface area contributed by atoms with Gasteiger partial charge in [-0.1, -0.05) is 41.9 Å². The lowest BCUT2D eigenvalue weighted by atomic mass is 9.96. The summed E-state index contributed by atoms with van der Waals surface area (Å²) < 4.78 is 0. The smallest absolute Gasteiger partial charge is 0.307 e. The number of carbonyl (C=O) groups is 1. The molecule has 2 rings (SSSR count). The van der Waals surface area contributed by atoms with E-state index >= 15 is 0 Å². The molecule has 0 aliphatic rings. The molecule has 0 saturated carbocycles. The van der Waals surface area contributed by atoms with E-state index in [1.54, 1.807) is 42.5 Å². The first kappa shape index (κ1) is 14.4. The molecule has 0 saturated heterocycles. The van der Waals surface area contributed by atoms with Crippen LogP contribution in [-0.4, -0.2) is 16.2 Å². The lowest BCUT2D eigenvalue weighted by Gasteiger charge is -2.16. The van der Waals surface area contributed by atoms with E-state index in [-0.39, 0.29) is 6.42 Å². The number of aliphatic carboxylic acids is 1. The highest BCUT2D eigenvalue weighted by Crippen LogP contribution is 2.29. The van der Waals surface area contributed by atoms with Crippen molar-refractivity contribution in [1.29, 1.82) is 0 Å². The molecule has 1 unspecified atom stereocenters. The van der Waals surface area contributed by atoms with Crippen LogP contribution in [0, 0.1) is 0 Å². The van der Waals surface area contributed by atoms with Gasteiger partial charge < -0.3 is 15.9 Å². The molecule has 0 bridgehead atoms. The van der Waals surface area contributed by atoms with Gasteiger partial charge in [0.05, 0.1) is 6.42 Å². The van der Waals surface area contributed by atoms with Crippen LogP contribution in [0.5, 0.6) is 0 Å². The maximum Gasteiger partial charge on any atom is 0.307 e. The Balaban J connectivity index is 2.37. The van der Waals surface area contributed by atoms with Gasteiger partial charge in [0.15, 0.2) is 0 Å². The van der Waals surface area contributed by atoms with Gasteiger partial charge in [0, 0.05) is 16.3 Å². The predicted octanol–water partition coefficient (Wildman–Crippen LogP) is 2.63. The second-order valence-corrected chi connectivity index (χ2v) is 4.88. The first-order valence-electron chi connectivity index (χ1n) is 6.01. The first-order valence-corrected chi connectivity index (χ1v) is 6.39. The van der Waals surface area contributed by atoms with Crippen molar-refractivity contribution in [3.05, 3.63) is 64.2 Å². The quantitative estimate of drug-likeness (QED) is 0.756. The van der Waals surface area contributed by atoms with Crippen molar-refractivity contribution in [1.82, 2.24) is 0 Å². The third-order valence-electron chi connectivity index (χ3n) is 3.05. The highest BCUT2D eigenvalue weighted by Gasteiger charge is 2.16. The number of hydrogen-bond acceptors (Lipinski definition) is 3. The molecule has 4 N–H and O–H groups in total. The van der Waals surface area contributed by atoms with Crippen molar-refractivity contribution in [3.63, 3.8) is 0 Å². The summed E-state index contributed by atoms with van der Waals surface area (Å²) in [7, 11) is 0. The van der Waals surface area contributed by atoms with Crippen LogP contribution < -0.4 is 5.73 Å². The maximum absolute atomic E-state index is 10.8. The van der Waals surface area contributed by atoms with Crippen LogP contribution in [0.4, 0.5) is 5.69 Å². The molecule has 2 aromatic rings. The van der Waals surface area contributed by atoms with E-state index in [4.69, 9.17) is 22.4 Å². The van der Waals surface area contributed by atoms with Crippen LogP contribution in [0.1, 0.15) is 22.8 Å². The fourth-order valence-corrected chi connectivity index (χ4v) is 2.14. The van der Waals surface area contributed by atoms with Gasteiger partial charge in [0.1, 0.15) is 6.10 Å². The summed E-state index contributed by atoms with van der Waals surface area (Å²) in [5.74, 6) is -0.963. The van der Waals surface area contributed by atoms with Crippen molar-refractivity contribution in [2.45, 2.75) is 12.5 Å². The third-order valence-corrected chi connectivity index (χ3v) is 3.30. The molecule has 0 fully saturated rings. The number of nitrogens with two attached hydrogens (primary N) is 1. The number of para-hydroxylation sites is 1. The summed E-state index contributed by atoms with van der Waals surface area (Å²) in [6.07, 6.45) is -1.09. The van der Waals surface area contributed by atoms with Gasteiger partial charge in [-0.3, -0.25) is 4.79 Å². The van der Waals surface area contributed by atoms with Crippen molar-refractivity contribution in [3.8, 4) is 0 Å². The molecule has 0 amide bonds. The molecule has 0 spiro atoms. The minimum atomic E-state index is -0.963. The highest BCUT2D eigenvalue weighted by molar-refractivity contribution is 6.30. The van der Waals surface area contributed by atoms with Gasteiger partial charge in [-0.15, -0.1) is 0 Å². The summed E-state index contributed by atoms with van der Waals surface area (Å²) in [6.45, 7) is 0.